The first kappa shape index (κ1) is 19.1. The van der Waals surface area contributed by atoms with Crippen molar-refractivity contribution in [1.29, 1.82) is 0 Å². The van der Waals surface area contributed by atoms with Gasteiger partial charge in [-0.2, -0.15) is 0 Å². The number of carbonyl (C=O) groups is 1. The van der Waals surface area contributed by atoms with Crippen molar-refractivity contribution in [1.82, 2.24) is 14.9 Å². The second-order valence-corrected chi connectivity index (χ2v) is 8.70. The van der Waals surface area contributed by atoms with E-state index in [-0.39, 0.29) is 28.6 Å². The van der Waals surface area contributed by atoms with Gasteiger partial charge in [-0.05, 0) is 38.0 Å². The maximum absolute atomic E-state index is 12.9. The second-order valence-electron chi connectivity index (χ2n) is 7.02. The molecule has 1 aliphatic carbocycles. The third-order valence-electron chi connectivity index (χ3n) is 5.14. The zero-order valence-electron chi connectivity index (χ0n) is 15.3. The van der Waals surface area contributed by atoms with Gasteiger partial charge in [0, 0.05) is 37.3 Å². The van der Waals surface area contributed by atoms with Gasteiger partial charge in [-0.1, -0.05) is 12.8 Å². The Morgan fingerprint density at radius 1 is 1.31 bits per heavy atom. The van der Waals surface area contributed by atoms with Crippen LogP contribution in [0.2, 0.25) is 0 Å². The molecular weight excluding hydrogens is 354 g/mol. The van der Waals surface area contributed by atoms with Crippen LogP contribution < -0.4 is 14.8 Å². The molecule has 0 unspecified atom stereocenters. The first-order valence-corrected chi connectivity index (χ1v) is 10.6. The number of rotatable bonds is 5. The van der Waals surface area contributed by atoms with Crippen molar-refractivity contribution in [3.05, 3.63) is 23.8 Å². The van der Waals surface area contributed by atoms with E-state index in [0.29, 0.717) is 12.1 Å². The summed E-state index contributed by atoms with van der Waals surface area (Å²) in [7, 11) is -2.31. The Morgan fingerprint density at radius 2 is 2.04 bits per heavy atom. The van der Waals surface area contributed by atoms with Crippen LogP contribution >= 0.6 is 0 Å². The van der Waals surface area contributed by atoms with E-state index >= 15 is 0 Å². The van der Waals surface area contributed by atoms with Crippen molar-refractivity contribution in [2.24, 2.45) is 0 Å². The van der Waals surface area contributed by atoms with Gasteiger partial charge < -0.3 is 15.0 Å². The highest BCUT2D eigenvalue weighted by atomic mass is 32.2. The predicted octanol–water partition coefficient (Wildman–Crippen LogP) is 1.35. The molecule has 2 fully saturated rings. The molecule has 1 saturated heterocycles. The molecule has 144 valence electrons. The maximum Gasteiger partial charge on any atom is 0.254 e. The summed E-state index contributed by atoms with van der Waals surface area (Å²) < 4.78 is 33.7. The quantitative estimate of drug-likeness (QED) is 0.804. The summed E-state index contributed by atoms with van der Waals surface area (Å²) in [6.07, 6.45) is 3.75. The van der Waals surface area contributed by atoms with Crippen molar-refractivity contribution >= 4 is 15.9 Å². The monoisotopic (exact) mass is 381 g/mol. The van der Waals surface area contributed by atoms with Crippen molar-refractivity contribution in [3.63, 3.8) is 0 Å². The highest BCUT2D eigenvalue weighted by molar-refractivity contribution is 7.89. The Morgan fingerprint density at radius 3 is 2.69 bits per heavy atom. The minimum Gasteiger partial charge on any atom is -0.495 e. The molecule has 3 rings (SSSR count). The van der Waals surface area contributed by atoms with Crippen LogP contribution in [0.15, 0.2) is 23.1 Å². The van der Waals surface area contributed by atoms with E-state index in [0.717, 1.165) is 38.8 Å². The van der Waals surface area contributed by atoms with Gasteiger partial charge in [0.15, 0.2) is 0 Å². The number of piperazine rings is 1. The van der Waals surface area contributed by atoms with E-state index < -0.39 is 10.0 Å². The number of amides is 1. The summed E-state index contributed by atoms with van der Waals surface area (Å²) in [6, 6.07) is 4.65. The normalized spacial score (nSPS) is 21.8. The Balaban J connectivity index is 1.89. The minimum atomic E-state index is -3.74. The molecule has 0 spiro atoms. The summed E-state index contributed by atoms with van der Waals surface area (Å²) >= 11 is 0. The number of sulfonamides is 1. The van der Waals surface area contributed by atoms with Gasteiger partial charge in [-0.15, -0.1) is 0 Å². The van der Waals surface area contributed by atoms with Crippen LogP contribution in [0.4, 0.5) is 0 Å². The van der Waals surface area contributed by atoms with Crippen LogP contribution in [-0.2, 0) is 10.0 Å². The number of methoxy groups -OCH3 is 1. The number of nitrogens with zero attached hydrogens (tertiary/aromatic N) is 1. The van der Waals surface area contributed by atoms with Gasteiger partial charge in [0.1, 0.15) is 10.6 Å². The van der Waals surface area contributed by atoms with Crippen LogP contribution in [0.25, 0.3) is 0 Å². The van der Waals surface area contributed by atoms with E-state index in [9.17, 15) is 13.2 Å². The summed E-state index contributed by atoms with van der Waals surface area (Å²) in [6.45, 7) is 4.05. The molecule has 0 aromatic heterocycles. The van der Waals surface area contributed by atoms with Gasteiger partial charge in [0.05, 0.1) is 7.11 Å². The van der Waals surface area contributed by atoms with Crippen molar-refractivity contribution in [2.45, 2.75) is 49.6 Å². The summed E-state index contributed by atoms with van der Waals surface area (Å²) in [5.41, 5.74) is 0.367. The molecule has 1 aromatic carbocycles. The molecule has 2 aliphatic rings. The maximum atomic E-state index is 12.9. The molecule has 1 atom stereocenters. The van der Waals surface area contributed by atoms with Gasteiger partial charge in [-0.25, -0.2) is 13.1 Å². The molecule has 2 N–H and O–H groups in total. The summed E-state index contributed by atoms with van der Waals surface area (Å²) in [5, 5.41) is 3.25. The van der Waals surface area contributed by atoms with Crippen molar-refractivity contribution < 1.29 is 17.9 Å². The molecule has 0 bridgehead atoms. The largest absolute Gasteiger partial charge is 0.495 e. The van der Waals surface area contributed by atoms with Gasteiger partial charge in [0.2, 0.25) is 10.0 Å². The Kier molecular flexibility index (Phi) is 5.84. The topological polar surface area (TPSA) is 87.7 Å². The molecular formula is C18H27N3O4S. The van der Waals surface area contributed by atoms with Gasteiger partial charge in [-0.3, -0.25) is 4.79 Å². The van der Waals surface area contributed by atoms with E-state index in [2.05, 4.69) is 10.0 Å². The fraction of sp³-hybridized carbons (Fsp3) is 0.611. The van der Waals surface area contributed by atoms with E-state index in [4.69, 9.17) is 4.74 Å². The smallest absolute Gasteiger partial charge is 0.254 e. The third-order valence-corrected chi connectivity index (χ3v) is 6.68. The lowest BCUT2D eigenvalue weighted by Crippen LogP contribution is -2.52. The van der Waals surface area contributed by atoms with Crippen molar-refractivity contribution in [2.75, 3.05) is 26.7 Å². The second kappa shape index (κ2) is 7.94. The molecule has 1 aromatic rings. The predicted molar refractivity (Wildman–Crippen MR) is 98.9 cm³/mol. The summed E-state index contributed by atoms with van der Waals surface area (Å²) in [5.74, 6) is 0.0966. The van der Waals surface area contributed by atoms with Crippen LogP contribution in [0.1, 0.15) is 43.0 Å². The lowest BCUT2D eigenvalue weighted by molar-refractivity contribution is 0.0655. The number of carbonyl (C=O) groups excluding carboxylic acids is 1. The van der Waals surface area contributed by atoms with E-state index in [1.165, 1.54) is 13.2 Å². The Labute approximate surface area is 155 Å². The van der Waals surface area contributed by atoms with E-state index in [1.54, 1.807) is 17.0 Å². The average Bonchev–Trinajstić information content (AvgIpc) is 3.13. The number of hydrogen-bond acceptors (Lipinski definition) is 5. The zero-order chi connectivity index (χ0) is 18.7. The Bertz CT molecular complexity index is 760. The first-order valence-electron chi connectivity index (χ1n) is 9.14. The SMILES string of the molecule is COc1ccc(C(=O)N2CCNC[C@H]2C)cc1S(=O)(=O)NC1CCCC1. The van der Waals surface area contributed by atoms with Gasteiger partial charge in [0.25, 0.3) is 5.91 Å². The molecule has 1 saturated carbocycles. The Hall–Kier alpha value is -1.64. The third kappa shape index (κ3) is 4.02. The fourth-order valence-electron chi connectivity index (χ4n) is 3.65. The highest BCUT2D eigenvalue weighted by Crippen LogP contribution is 2.28. The zero-order valence-corrected chi connectivity index (χ0v) is 16.1. The number of benzene rings is 1. The molecule has 1 amide bonds. The van der Waals surface area contributed by atoms with Crippen molar-refractivity contribution in [3.8, 4) is 5.75 Å². The molecule has 7 nitrogen and oxygen atoms in total. The standard InChI is InChI=1S/C18H27N3O4S/c1-13-12-19-9-10-21(13)18(22)14-7-8-16(25-2)17(11-14)26(23,24)20-15-5-3-4-6-15/h7-8,11,13,15,19-20H,3-6,9-10,12H2,1-2H3/t13-/m1/s1. The number of hydrogen-bond donors (Lipinski definition) is 2. The molecule has 26 heavy (non-hydrogen) atoms. The number of nitrogens with one attached hydrogen (secondary N) is 2. The average molecular weight is 381 g/mol. The lowest BCUT2D eigenvalue weighted by atomic mass is 10.1. The van der Waals surface area contributed by atoms with Crippen LogP contribution in [-0.4, -0.2) is 58.1 Å². The molecule has 0 radical (unpaired) electrons. The van der Waals surface area contributed by atoms with Crippen LogP contribution in [0.3, 0.4) is 0 Å². The van der Waals surface area contributed by atoms with Gasteiger partial charge >= 0.3 is 0 Å². The summed E-state index contributed by atoms with van der Waals surface area (Å²) in [4.78, 5) is 14.7. The fourth-order valence-corrected chi connectivity index (χ4v) is 5.15. The number of ether oxygens (including phenoxy) is 1. The van der Waals surface area contributed by atoms with Crippen LogP contribution in [0, 0.1) is 0 Å². The molecule has 1 aliphatic heterocycles. The molecule has 8 heteroatoms. The van der Waals surface area contributed by atoms with Crippen LogP contribution in [0.5, 0.6) is 5.75 Å². The first-order chi connectivity index (χ1) is 12.4. The lowest BCUT2D eigenvalue weighted by Gasteiger charge is -2.34. The minimum absolute atomic E-state index is 0.0283. The highest BCUT2D eigenvalue weighted by Gasteiger charge is 2.29. The van der Waals surface area contributed by atoms with E-state index in [1.807, 2.05) is 6.92 Å². The molecule has 1 heterocycles.